The van der Waals surface area contributed by atoms with E-state index in [4.69, 9.17) is 14.2 Å². The molecule has 0 fully saturated rings. The third kappa shape index (κ3) is 66.9. The summed E-state index contributed by atoms with van der Waals surface area (Å²) < 4.78 is 16.9. The Balaban J connectivity index is 4.48. The monoisotopic (exact) mass is 1140 g/mol. The van der Waals surface area contributed by atoms with Crippen molar-refractivity contribution < 1.29 is 28.6 Å². The summed E-state index contributed by atoms with van der Waals surface area (Å²) in [4.78, 5) is 38.4. The van der Waals surface area contributed by atoms with Gasteiger partial charge in [-0.3, -0.25) is 14.4 Å². The molecule has 0 radical (unpaired) electrons. The van der Waals surface area contributed by atoms with Crippen LogP contribution in [0.2, 0.25) is 0 Å². The first-order valence-corrected chi connectivity index (χ1v) is 32.9. The molecule has 0 aromatic heterocycles. The van der Waals surface area contributed by atoms with Crippen LogP contribution < -0.4 is 0 Å². The molecule has 6 nitrogen and oxygen atoms in total. The number of ether oxygens (including phenoxy) is 3. The SMILES string of the molecule is CC/C=C\C/C=C\C/C=C\C/C=C\C/C=C\C/C=C\C/C=C\C/C=C\C/C=C\CCCCCC(=O)OCC(COC(=O)CCCCCCC/C=C\C/C=C\C/C=C\CC)OC(=O)CCCCCCCC/C=C\C/C=C\C/C=C\C/C=C\CC. The normalized spacial score (nSPS) is 13.4. The van der Waals surface area contributed by atoms with Gasteiger partial charge >= 0.3 is 17.9 Å². The van der Waals surface area contributed by atoms with Crippen LogP contribution in [0.4, 0.5) is 0 Å². The summed E-state index contributed by atoms with van der Waals surface area (Å²) in [6.45, 7) is 6.23. The van der Waals surface area contributed by atoms with Crippen molar-refractivity contribution in [3.8, 4) is 0 Å². The standard InChI is InChI=1S/C77H118O6/c1-4-7-10-13-16-19-22-25-28-30-32-33-34-35-36-37-38-39-40-41-42-43-45-46-49-52-55-58-61-64-67-70-76(79)82-73-74(72-81-75(78)69-66-63-60-57-54-51-48-27-24-21-18-15-12-9-6-3)83-77(80)71-68-65-62-59-56-53-50-47-44-31-29-26-23-20-17-14-11-8-5-2/h7-12,16-21,25-29,32-33,35-36,38-39,41-42,44-48,52,55,74H,4-6,13-15,22-24,30-31,34,37,40,43,49-51,53-54,56-73H2,1-3H3/b10-7-,11-8-,12-9-,19-16-,20-17-,21-18-,28-25-,29-26-,33-32-,36-35-,39-38-,42-41-,46-45-,47-44-,48-27-,55-52-. The second-order valence-electron chi connectivity index (χ2n) is 20.9. The van der Waals surface area contributed by atoms with Crippen molar-refractivity contribution in [3.63, 3.8) is 0 Å². The van der Waals surface area contributed by atoms with Gasteiger partial charge in [0.15, 0.2) is 6.10 Å². The fraction of sp³-hybridized carbons (Fsp3) is 0.545. The van der Waals surface area contributed by atoms with Crippen LogP contribution in [0.1, 0.15) is 252 Å². The summed E-state index contributed by atoms with van der Waals surface area (Å²) in [6.07, 6.45) is 104. The van der Waals surface area contributed by atoms with Crippen molar-refractivity contribution in [1.29, 1.82) is 0 Å². The van der Waals surface area contributed by atoms with Crippen molar-refractivity contribution >= 4 is 17.9 Å². The molecule has 0 rings (SSSR count). The van der Waals surface area contributed by atoms with E-state index < -0.39 is 6.10 Å². The molecule has 6 heteroatoms. The minimum absolute atomic E-state index is 0.114. The van der Waals surface area contributed by atoms with E-state index in [1.807, 2.05) is 0 Å². The van der Waals surface area contributed by atoms with Gasteiger partial charge in [0.05, 0.1) is 0 Å². The third-order valence-electron chi connectivity index (χ3n) is 13.1. The summed E-state index contributed by atoms with van der Waals surface area (Å²) in [5.74, 6) is -0.985. The molecule has 1 unspecified atom stereocenters. The molecule has 0 heterocycles. The van der Waals surface area contributed by atoms with Crippen LogP contribution in [-0.4, -0.2) is 37.2 Å². The van der Waals surface area contributed by atoms with Gasteiger partial charge in [0, 0.05) is 19.3 Å². The molecular formula is C77H118O6. The average Bonchev–Trinajstić information content (AvgIpc) is 3.49. The number of allylic oxidation sites excluding steroid dienone is 32. The largest absolute Gasteiger partial charge is 0.462 e. The predicted molar refractivity (Wildman–Crippen MR) is 361 cm³/mol. The molecule has 83 heavy (non-hydrogen) atoms. The van der Waals surface area contributed by atoms with Crippen molar-refractivity contribution in [2.24, 2.45) is 0 Å². The molecule has 0 spiro atoms. The molecule has 462 valence electrons. The maximum Gasteiger partial charge on any atom is 0.306 e. The first-order valence-electron chi connectivity index (χ1n) is 32.9. The van der Waals surface area contributed by atoms with Crippen molar-refractivity contribution in [1.82, 2.24) is 0 Å². The third-order valence-corrected chi connectivity index (χ3v) is 13.1. The van der Waals surface area contributed by atoms with Gasteiger partial charge < -0.3 is 14.2 Å². The zero-order valence-corrected chi connectivity index (χ0v) is 52.9. The lowest BCUT2D eigenvalue weighted by molar-refractivity contribution is -0.167. The van der Waals surface area contributed by atoms with Crippen LogP contribution in [0.25, 0.3) is 0 Å². The lowest BCUT2D eigenvalue weighted by atomic mass is 10.1. The Bertz CT molecular complexity index is 1990. The number of carbonyl (C=O) groups excluding carboxylic acids is 3. The average molecular weight is 1140 g/mol. The Morgan fingerprint density at radius 2 is 0.434 bits per heavy atom. The van der Waals surface area contributed by atoms with Gasteiger partial charge in [-0.05, 0) is 161 Å². The lowest BCUT2D eigenvalue weighted by Gasteiger charge is -2.18. The second-order valence-corrected chi connectivity index (χ2v) is 20.9. The fourth-order valence-corrected chi connectivity index (χ4v) is 8.26. The highest BCUT2D eigenvalue weighted by Crippen LogP contribution is 2.13. The van der Waals surface area contributed by atoms with Gasteiger partial charge in [0.1, 0.15) is 13.2 Å². The highest BCUT2D eigenvalue weighted by atomic mass is 16.6. The van der Waals surface area contributed by atoms with Gasteiger partial charge in [-0.1, -0.05) is 267 Å². The van der Waals surface area contributed by atoms with Crippen LogP contribution in [0.3, 0.4) is 0 Å². The van der Waals surface area contributed by atoms with Crippen molar-refractivity contribution in [2.45, 2.75) is 258 Å². The van der Waals surface area contributed by atoms with E-state index in [0.29, 0.717) is 19.3 Å². The maximum atomic E-state index is 12.9. The Kier molecular flexibility index (Phi) is 64.0. The van der Waals surface area contributed by atoms with Crippen LogP contribution in [0.5, 0.6) is 0 Å². The number of hydrogen-bond acceptors (Lipinski definition) is 6. The van der Waals surface area contributed by atoms with Gasteiger partial charge in [-0.15, -0.1) is 0 Å². The molecule has 0 bridgehead atoms. The molecule has 0 N–H and O–H groups in total. The van der Waals surface area contributed by atoms with E-state index in [-0.39, 0.29) is 31.1 Å². The van der Waals surface area contributed by atoms with Gasteiger partial charge in [0.25, 0.3) is 0 Å². The highest BCUT2D eigenvalue weighted by molar-refractivity contribution is 5.71. The number of carbonyl (C=O) groups is 3. The van der Waals surface area contributed by atoms with Gasteiger partial charge in [-0.2, -0.15) is 0 Å². The van der Waals surface area contributed by atoms with Crippen molar-refractivity contribution in [3.05, 3.63) is 194 Å². The number of hydrogen-bond donors (Lipinski definition) is 0. The molecule has 0 amide bonds. The molecule has 1 atom stereocenters. The van der Waals surface area contributed by atoms with E-state index in [0.717, 1.165) is 199 Å². The lowest BCUT2D eigenvalue weighted by Crippen LogP contribution is -2.30. The minimum Gasteiger partial charge on any atom is -0.462 e. The minimum atomic E-state index is -0.821. The molecule has 0 saturated heterocycles. The summed E-state index contributed by atoms with van der Waals surface area (Å²) in [6, 6.07) is 0. The first kappa shape index (κ1) is 77.2. The molecule has 0 aromatic carbocycles. The van der Waals surface area contributed by atoms with Crippen molar-refractivity contribution in [2.75, 3.05) is 13.2 Å². The van der Waals surface area contributed by atoms with Crippen LogP contribution in [0, 0.1) is 0 Å². The second kappa shape index (κ2) is 68.7. The van der Waals surface area contributed by atoms with E-state index in [2.05, 4.69) is 215 Å². The zero-order valence-electron chi connectivity index (χ0n) is 52.9. The Hall–Kier alpha value is -5.75. The molecular weight excluding hydrogens is 1020 g/mol. The zero-order chi connectivity index (χ0) is 59.9. The summed E-state index contributed by atoms with van der Waals surface area (Å²) in [5, 5.41) is 0. The Morgan fingerprint density at radius 3 is 0.687 bits per heavy atom. The molecule has 0 aromatic rings. The predicted octanol–water partition coefficient (Wildman–Crippen LogP) is 23.0. The molecule has 0 aliphatic rings. The summed E-state index contributed by atoms with van der Waals surface area (Å²) >= 11 is 0. The van der Waals surface area contributed by atoms with Gasteiger partial charge in [-0.25, -0.2) is 0 Å². The van der Waals surface area contributed by atoms with Crippen LogP contribution in [0.15, 0.2) is 194 Å². The quantitative estimate of drug-likeness (QED) is 0.0261. The topological polar surface area (TPSA) is 78.9 Å². The highest BCUT2D eigenvalue weighted by Gasteiger charge is 2.19. The number of esters is 3. The Morgan fingerprint density at radius 1 is 0.241 bits per heavy atom. The van der Waals surface area contributed by atoms with Crippen LogP contribution in [-0.2, 0) is 28.6 Å². The molecule has 0 aliphatic carbocycles. The van der Waals surface area contributed by atoms with E-state index >= 15 is 0 Å². The molecule has 0 saturated carbocycles. The maximum absolute atomic E-state index is 12.9. The van der Waals surface area contributed by atoms with E-state index in [9.17, 15) is 14.4 Å². The fourth-order valence-electron chi connectivity index (χ4n) is 8.26. The van der Waals surface area contributed by atoms with E-state index in [1.165, 1.54) is 12.8 Å². The van der Waals surface area contributed by atoms with Crippen LogP contribution >= 0.6 is 0 Å². The summed E-state index contributed by atoms with van der Waals surface area (Å²) in [5.41, 5.74) is 0. The van der Waals surface area contributed by atoms with E-state index in [1.54, 1.807) is 0 Å². The number of unbranched alkanes of at least 4 members (excludes halogenated alkanes) is 14. The summed E-state index contributed by atoms with van der Waals surface area (Å²) in [7, 11) is 0. The van der Waals surface area contributed by atoms with Gasteiger partial charge in [0.2, 0.25) is 0 Å². The Labute approximate surface area is 509 Å². The molecule has 0 aliphatic heterocycles. The smallest absolute Gasteiger partial charge is 0.306 e. The first-order chi connectivity index (χ1) is 41.0. The number of rotatable bonds is 57.